The van der Waals surface area contributed by atoms with Crippen molar-refractivity contribution in [3.63, 3.8) is 0 Å². The SMILES string of the molecule is CN(C(=O)OC(C)(C)C)C(C)(C=O)C1(C)CC1. The van der Waals surface area contributed by atoms with E-state index in [0.717, 1.165) is 19.1 Å². The quantitative estimate of drug-likeness (QED) is 0.713. The molecule has 98 valence electrons. The van der Waals surface area contributed by atoms with Gasteiger partial charge in [-0.2, -0.15) is 0 Å². The lowest BCUT2D eigenvalue weighted by Crippen LogP contribution is -2.55. The molecule has 0 aliphatic heterocycles. The van der Waals surface area contributed by atoms with Gasteiger partial charge in [-0.25, -0.2) is 4.79 Å². The fourth-order valence-electron chi connectivity index (χ4n) is 1.84. The molecule has 0 saturated heterocycles. The second kappa shape index (κ2) is 4.00. The number of aldehydes is 1. The lowest BCUT2D eigenvalue weighted by molar-refractivity contribution is -0.120. The first-order chi connectivity index (χ1) is 7.56. The molecule has 0 bridgehead atoms. The maximum absolute atomic E-state index is 12.0. The summed E-state index contributed by atoms with van der Waals surface area (Å²) < 4.78 is 5.30. The van der Waals surface area contributed by atoms with E-state index in [9.17, 15) is 9.59 Å². The number of hydrogen-bond acceptors (Lipinski definition) is 3. The molecular formula is C13H23NO3. The number of carbonyl (C=O) groups is 2. The molecular weight excluding hydrogens is 218 g/mol. The van der Waals surface area contributed by atoms with Gasteiger partial charge in [-0.1, -0.05) is 6.92 Å². The Kier molecular flexibility index (Phi) is 3.29. The highest BCUT2D eigenvalue weighted by atomic mass is 16.6. The van der Waals surface area contributed by atoms with E-state index >= 15 is 0 Å². The minimum absolute atomic E-state index is 0.111. The van der Waals surface area contributed by atoms with Crippen LogP contribution in [0.3, 0.4) is 0 Å². The third-order valence-corrected chi connectivity index (χ3v) is 3.82. The highest BCUT2D eigenvalue weighted by Crippen LogP contribution is 2.55. The molecule has 0 N–H and O–H groups in total. The number of ether oxygens (including phenoxy) is 1. The van der Waals surface area contributed by atoms with Crippen LogP contribution in [0.5, 0.6) is 0 Å². The lowest BCUT2D eigenvalue weighted by atomic mass is 9.84. The van der Waals surface area contributed by atoms with E-state index in [1.807, 2.05) is 27.7 Å². The zero-order chi connectivity index (χ0) is 13.5. The summed E-state index contributed by atoms with van der Waals surface area (Å²) in [4.78, 5) is 24.8. The number of rotatable bonds is 3. The topological polar surface area (TPSA) is 46.6 Å². The van der Waals surface area contributed by atoms with Crippen molar-refractivity contribution in [2.45, 2.75) is 58.6 Å². The Balaban J connectivity index is 2.84. The molecule has 4 nitrogen and oxygen atoms in total. The fraction of sp³-hybridized carbons (Fsp3) is 0.846. The number of hydrogen-bond donors (Lipinski definition) is 0. The molecule has 1 saturated carbocycles. The molecule has 1 rings (SSSR count). The Hall–Kier alpha value is -1.06. The molecule has 0 radical (unpaired) electrons. The third-order valence-electron chi connectivity index (χ3n) is 3.82. The zero-order valence-electron chi connectivity index (χ0n) is 11.7. The minimum Gasteiger partial charge on any atom is -0.444 e. The normalized spacial score (nSPS) is 21.3. The predicted octanol–water partition coefficient (Wildman–Crippen LogP) is 2.61. The van der Waals surface area contributed by atoms with E-state index in [2.05, 4.69) is 0 Å². The van der Waals surface area contributed by atoms with Crippen molar-refractivity contribution in [2.24, 2.45) is 5.41 Å². The van der Waals surface area contributed by atoms with Crippen LogP contribution in [0.4, 0.5) is 4.79 Å². The molecule has 1 unspecified atom stereocenters. The molecule has 0 heterocycles. The highest BCUT2D eigenvalue weighted by Gasteiger charge is 2.57. The average Bonchev–Trinajstić information content (AvgIpc) is 2.93. The van der Waals surface area contributed by atoms with Crippen LogP contribution in [0.2, 0.25) is 0 Å². The van der Waals surface area contributed by atoms with Crippen LogP contribution in [0, 0.1) is 5.41 Å². The van der Waals surface area contributed by atoms with Gasteiger partial charge in [-0.3, -0.25) is 4.90 Å². The van der Waals surface area contributed by atoms with Crippen molar-refractivity contribution >= 4 is 12.4 Å². The Morgan fingerprint density at radius 2 is 1.76 bits per heavy atom. The molecule has 1 aliphatic carbocycles. The van der Waals surface area contributed by atoms with E-state index in [0.29, 0.717) is 0 Å². The second-order valence-corrected chi connectivity index (χ2v) is 6.37. The summed E-state index contributed by atoms with van der Waals surface area (Å²) in [5, 5.41) is 0. The number of nitrogens with zero attached hydrogens (tertiary/aromatic N) is 1. The van der Waals surface area contributed by atoms with Gasteiger partial charge in [-0.15, -0.1) is 0 Å². The van der Waals surface area contributed by atoms with Crippen molar-refractivity contribution < 1.29 is 14.3 Å². The van der Waals surface area contributed by atoms with Crippen LogP contribution in [0.25, 0.3) is 0 Å². The predicted molar refractivity (Wildman–Crippen MR) is 65.8 cm³/mol. The first-order valence-corrected chi connectivity index (χ1v) is 5.99. The summed E-state index contributed by atoms with van der Waals surface area (Å²) in [6, 6.07) is 0. The smallest absolute Gasteiger partial charge is 0.410 e. The van der Waals surface area contributed by atoms with Crippen LogP contribution >= 0.6 is 0 Å². The van der Waals surface area contributed by atoms with E-state index in [1.165, 1.54) is 4.90 Å². The van der Waals surface area contributed by atoms with Gasteiger partial charge in [0.1, 0.15) is 17.4 Å². The van der Waals surface area contributed by atoms with Gasteiger partial charge >= 0.3 is 6.09 Å². The zero-order valence-corrected chi connectivity index (χ0v) is 11.7. The third kappa shape index (κ3) is 2.61. The van der Waals surface area contributed by atoms with E-state index < -0.39 is 17.2 Å². The molecule has 1 aliphatic rings. The molecule has 0 aromatic heterocycles. The molecule has 1 fully saturated rings. The molecule has 1 amide bonds. The first kappa shape index (κ1) is 14.0. The van der Waals surface area contributed by atoms with E-state index in [4.69, 9.17) is 4.74 Å². The monoisotopic (exact) mass is 241 g/mol. The second-order valence-electron chi connectivity index (χ2n) is 6.37. The highest BCUT2D eigenvalue weighted by molar-refractivity contribution is 5.77. The summed E-state index contributed by atoms with van der Waals surface area (Å²) in [5.41, 5.74) is -1.44. The van der Waals surface area contributed by atoms with Crippen LogP contribution in [0.15, 0.2) is 0 Å². The Morgan fingerprint density at radius 3 is 2.06 bits per heavy atom. The summed E-state index contributed by atoms with van der Waals surface area (Å²) in [5.74, 6) is 0. The molecule has 1 atom stereocenters. The van der Waals surface area contributed by atoms with Gasteiger partial charge in [0.2, 0.25) is 0 Å². The maximum Gasteiger partial charge on any atom is 0.410 e. The number of amides is 1. The van der Waals surface area contributed by atoms with Gasteiger partial charge in [0.25, 0.3) is 0 Å². The number of likely N-dealkylation sites (N-methyl/N-ethyl adjacent to an activating group) is 1. The molecule has 0 aromatic carbocycles. The van der Waals surface area contributed by atoms with Gasteiger partial charge in [-0.05, 0) is 46.0 Å². The molecule has 17 heavy (non-hydrogen) atoms. The average molecular weight is 241 g/mol. The summed E-state index contributed by atoms with van der Waals surface area (Å²) in [6.45, 7) is 9.28. The van der Waals surface area contributed by atoms with E-state index in [-0.39, 0.29) is 5.41 Å². The van der Waals surface area contributed by atoms with Crippen LogP contribution in [-0.2, 0) is 9.53 Å². The number of carbonyl (C=O) groups excluding carboxylic acids is 2. The van der Waals surface area contributed by atoms with Crippen LogP contribution < -0.4 is 0 Å². The van der Waals surface area contributed by atoms with Gasteiger partial charge in [0.05, 0.1) is 0 Å². The first-order valence-electron chi connectivity index (χ1n) is 5.99. The standard InChI is InChI=1S/C13H23NO3/c1-11(2,3)17-10(16)14(6)13(5,9-15)12(4)7-8-12/h9H,7-8H2,1-6H3. The summed E-state index contributed by atoms with van der Waals surface area (Å²) >= 11 is 0. The lowest BCUT2D eigenvalue weighted by Gasteiger charge is -2.39. The van der Waals surface area contributed by atoms with Gasteiger partial charge < -0.3 is 9.53 Å². The fourth-order valence-corrected chi connectivity index (χ4v) is 1.84. The van der Waals surface area contributed by atoms with Crippen molar-refractivity contribution in [2.75, 3.05) is 7.05 Å². The largest absolute Gasteiger partial charge is 0.444 e. The van der Waals surface area contributed by atoms with Crippen molar-refractivity contribution in [3.05, 3.63) is 0 Å². The maximum atomic E-state index is 12.0. The summed E-state index contributed by atoms with van der Waals surface area (Å²) in [6.07, 6.45) is 2.36. The van der Waals surface area contributed by atoms with Gasteiger partial charge in [0, 0.05) is 7.05 Å². The minimum atomic E-state index is -0.782. The Labute approximate surface area is 103 Å². The molecule has 0 aromatic rings. The van der Waals surface area contributed by atoms with Crippen molar-refractivity contribution in [1.29, 1.82) is 0 Å². The summed E-state index contributed by atoms with van der Waals surface area (Å²) in [7, 11) is 1.63. The van der Waals surface area contributed by atoms with Gasteiger partial charge in [0.15, 0.2) is 0 Å². The van der Waals surface area contributed by atoms with Crippen molar-refractivity contribution in [1.82, 2.24) is 4.90 Å². The van der Waals surface area contributed by atoms with Crippen LogP contribution in [0.1, 0.15) is 47.5 Å². The molecule has 0 spiro atoms. The Bertz CT molecular complexity index is 328. The molecule has 4 heteroatoms. The van der Waals surface area contributed by atoms with E-state index in [1.54, 1.807) is 14.0 Å². The van der Waals surface area contributed by atoms with Crippen LogP contribution in [-0.4, -0.2) is 35.5 Å². The Morgan fingerprint density at radius 1 is 1.29 bits per heavy atom. The van der Waals surface area contributed by atoms with Crippen molar-refractivity contribution in [3.8, 4) is 0 Å².